The van der Waals surface area contributed by atoms with Gasteiger partial charge in [-0.05, 0) is 32.8 Å². The van der Waals surface area contributed by atoms with E-state index in [1.54, 1.807) is 11.3 Å². The van der Waals surface area contributed by atoms with E-state index in [2.05, 4.69) is 46.5 Å². The molecule has 0 aromatic carbocycles. The zero-order chi connectivity index (χ0) is 10.6. The van der Waals surface area contributed by atoms with Crippen molar-refractivity contribution in [3.63, 3.8) is 0 Å². The molecule has 0 bridgehead atoms. The van der Waals surface area contributed by atoms with Gasteiger partial charge in [0.15, 0.2) is 0 Å². The number of halogens is 2. The van der Waals surface area contributed by atoms with Gasteiger partial charge in [-0.15, -0.1) is 22.9 Å². The van der Waals surface area contributed by atoms with Crippen LogP contribution in [0.1, 0.15) is 18.7 Å². The summed E-state index contributed by atoms with van der Waals surface area (Å²) < 4.78 is 1.19. The predicted molar refractivity (Wildman–Crippen MR) is 68.2 cm³/mol. The van der Waals surface area contributed by atoms with Crippen molar-refractivity contribution in [1.29, 1.82) is 0 Å². The van der Waals surface area contributed by atoms with Crippen LogP contribution in [0.5, 0.6) is 0 Å². The van der Waals surface area contributed by atoms with E-state index < -0.39 is 0 Å². The molecule has 1 heterocycles. The molecular weight excluding hydrogens is 282 g/mol. The van der Waals surface area contributed by atoms with Crippen LogP contribution in [0.3, 0.4) is 0 Å². The zero-order valence-electron chi connectivity index (χ0n) is 8.44. The molecule has 0 saturated heterocycles. The van der Waals surface area contributed by atoms with Crippen LogP contribution in [-0.4, -0.2) is 12.4 Å². The Labute approximate surface area is 103 Å². The minimum absolute atomic E-state index is 0.172. The van der Waals surface area contributed by atoms with E-state index in [1.165, 1.54) is 9.35 Å². The molecule has 14 heavy (non-hydrogen) atoms. The quantitative estimate of drug-likeness (QED) is 0.814. The number of rotatable bonds is 5. The summed E-state index contributed by atoms with van der Waals surface area (Å²) in [4.78, 5) is 1.34. The van der Waals surface area contributed by atoms with Crippen LogP contribution >= 0.6 is 38.9 Å². The molecular formula is C10H15BrClNS. The highest BCUT2D eigenvalue weighted by molar-refractivity contribution is 9.10. The molecule has 0 saturated carbocycles. The molecule has 0 aliphatic rings. The van der Waals surface area contributed by atoms with Crippen molar-refractivity contribution in [2.45, 2.75) is 20.4 Å². The van der Waals surface area contributed by atoms with Crippen LogP contribution in [0, 0.1) is 5.41 Å². The van der Waals surface area contributed by atoms with E-state index in [0.29, 0.717) is 5.88 Å². The Morgan fingerprint density at radius 2 is 2.29 bits per heavy atom. The highest BCUT2D eigenvalue weighted by atomic mass is 79.9. The minimum atomic E-state index is 0.172. The van der Waals surface area contributed by atoms with Gasteiger partial charge >= 0.3 is 0 Å². The van der Waals surface area contributed by atoms with Gasteiger partial charge in [-0.3, -0.25) is 0 Å². The SMILES string of the molecule is CC(C)(CCl)CNCc1sccc1Br. The Kier molecular flexibility index (Phi) is 4.91. The largest absolute Gasteiger partial charge is 0.311 e. The number of hydrogen-bond acceptors (Lipinski definition) is 2. The molecule has 0 fully saturated rings. The van der Waals surface area contributed by atoms with Crippen molar-refractivity contribution in [1.82, 2.24) is 5.32 Å². The number of hydrogen-bond donors (Lipinski definition) is 1. The van der Waals surface area contributed by atoms with Gasteiger partial charge in [0, 0.05) is 28.3 Å². The standard InChI is InChI=1S/C10H15BrClNS/c1-10(2,6-12)7-13-5-9-8(11)3-4-14-9/h3-4,13H,5-7H2,1-2H3. The van der Waals surface area contributed by atoms with E-state index in [0.717, 1.165) is 13.1 Å². The third kappa shape index (κ3) is 3.89. The van der Waals surface area contributed by atoms with E-state index in [1.807, 2.05) is 0 Å². The number of nitrogens with one attached hydrogen (secondary N) is 1. The van der Waals surface area contributed by atoms with Crippen molar-refractivity contribution < 1.29 is 0 Å². The molecule has 1 aromatic rings. The van der Waals surface area contributed by atoms with Crippen molar-refractivity contribution in [3.8, 4) is 0 Å². The smallest absolute Gasteiger partial charge is 0.0327 e. The predicted octanol–water partition coefficient (Wildman–Crippen LogP) is 3.87. The van der Waals surface area contributed by atoms with Crippen LogP contribution in [0.15, 0.2) is 15.9 Å². The average molecular weight is 297 g/mol. The monoisotopic (exact) mass is 295 g/mol. The maximum Gasteiger partial charge on any atom is 0.0327 e. The van der Waals surface area contributed by atoms with Crippen LogP contribution in [0.2, 0.25) is 0 Å². The van der Waals surface area contributed by atoms with Gasteiger partial charge in [0.2, 0.25) is 0 Å². The average Bonchev–Trinajstić information content (AvgIpc) is 2.52. The lowest BCUT2D eigenvalue weighted by Crippen LogP contribution is -2.30. The third-order valence-electron chi connectivity index (χ3n) is 1.94. The van der Waals surface area contributed by atoms with Gasteiger partial charge in [-0.1, -0.05) is 13.8 Å². The fraction of sp³-hybridized carbons (Fsp3) is 0.600. The molecule has 0 radical (unpaired) electrons. The maximum absolute atomic E-state index is 5.84. The molecule has 0 spiro atoms. The first kappa shape index (κ1) is 12.5. The molecule has 0 aliphatic heterocycles. The van der Waals surface area contributed by atoms with Crippen molar-refractivity contribution in [2.75, 3.05) is 12.4 Å². The summed E-state index contributed by atoms with van der Waals surface area (Å²) in [6, 6.07) is 2.08. The molecule has 0 aliphatic carbocycles. The summed E-state index contributed by atoms with van der Waals surface area (Å²) >= 11 is 11.1. The zero-order valence-corrected chi connectivity index (χ0v) is 11.6. The highest BCUT2D eigenvalue weighted by Crippen LogP contribution is 2.22. The van der Waals surface area contributed by atoms with Crippen molar-refractivity contribution >= 4 is 38.9 Å². The van der Waals surface area contributed by atoms with E-state index in [4.69, 9.17) is 11.6 Å². The highest BCUT2D eigenvalue weighted by Gasteiger charge is 2.15. The summed E-state index contributed by atoms with van der Waals surface area (Å²) in [5.41, 5.74) is 0.172. The summed E-state index contributed by atoms with van der Waals surface area (Å²) in [6.45, 7) is 6.19. The molecule has 4 heteroatoms. The van der Waals surface area contributed by atoms with Crippen LogP contribution in [0.25, 0.3) is 0 Å². The van der Waals surface area contributed by atoms with E-state index in [9.17, 15) is 0 Å². The van der Waals surface area contributed by atoms with Gasteiger partial charge < -0.3 is 5.32 Å². The second-order valence-corrected chi connectivity index (χ2v) is 6.22. The Balaban J connectivity index is 2.32. The molecule has 0 amide bonds. The van der Waals surface area contributed by atoms with Gasteiger partial charge in [0.05, 0.1) is 0 Å². The van der Waals surface area contributed by atoms with Crippen LogP contribution in [-0.2, 0) is 6.54 Å². The Hall–Kier alpha value is 0.430. The van der Waals surface area contributed by atoms with Gasteiger partial charge in [0.1, 0.15) is 0 Å². The first-order valence-corrected chi connectivity index (χ1v) is 6.74. The molecule has 1 N–H and O–H groups in total. The molecule has 1 nitrogen and oxygen atoms in total. The molecule has 0 unspecified atom stereocenters. The fourth-order valence-corrected chi connectivity index (χ4v) is 2.57. The summed E-state index contributed by atoms with van der Waals surface area (Å²) in [6.07, 6.45) is 0. The molecule has 0 atom stereocenters. The summed E-state index contributed by atoms with van der Waals surface area (Å²) in [5, 5.41) is 5.51. The molecule has 1 rings (SSSR count). The van der Waals surface area contributed by atoms with Crippen molar-refractivity contribution in [3.05, 3.63) is 20.8 Å². The Bertz CT molecular complexity index is 285. The van der Waals surface area contributed by atoms with E-state index in [-0.39, 0.29) is 5.41 Å². The van der Waals surface area contributed by atoms with Gasteiger partial charge in [0.25, 0.3) is 0 Å². The first-order valence-electron chi connectivity index (χ1n) is 4.54. The number of thiophene rings is 1. The second-order valence-electron chi connectivity index (χ2n) is 4.09. The molecule has 1 aromatic heterocycles. The summed E-state index contributed by atoms with van der Waals surface area (Å²) in [5.74, 6) is 0.686. The minimum Gasteiger partial charge on any atom is -0.311 e. The van der Waals surface area contributed by atoms with Gasteiger partial charge in [-0.2, -0.15) is 0 Å². The summed E-state index contributed by atoms with van der Waals surface area (Å²) in [7, 11) is 0. The van der Waals surface area contributed by atoms with Gasteiger partial charge in [-0.25, -0.2) is 0 Å². The lowest BCUT2D eigenvalue weighted by atomic mass is 9.97. The fourth-order valence-electron chi connectivity index (χ4n) is 1.01. The van der Waals surface area contributed by atoms with Crippen LogP contribution in [0.4, 0.5) is 0 Å². The Morgan fingerprint density at radius 3 is 2.79 bits per heavy atom. The molecule has 80 valence electrons. The number of alkyl halides is 1. The van der Waals surface area contributed by atoms with Crippen LogP contribution < -0.4 is 5.32 Å². The third-order valence-corrected chi connectivity index (χ3v) is 4.59. The van der Waals surface area contributed by atoms with E-state index >= 15 is 0 Å². The second kappa shape index (κ2) is 5.50. The first-order chi connectivity index (χ1) is 6.55. The normalized spacial score (nSPS) is 12.0. The lowest BCUT2D eigenvalue weighted by molar-refractivity contribution is 0.386. The van der Waals surface area contributed by atoms with Crippen molar-refractivity contribution in [2.24, 2.45) is 5.41 Å². The topological polar surface area (TPSA) is 12.0 Å². The Morgan fingerprint density at radius 1 is 1.57 bits per heavy atom. The lowest BCUT2D eigenvalue weighted by Gasteiger charge is -2.21. The maximum atomic E-state index is 5.84.